The van der Waals surface area contributed by atoms with E-state index in [2.05, 4.69) is 0 Å². The van der Waals surface area contributed by atoms with Crippen LogP contribution in [0, 0.1) is 0 Å². The summed E-state index contributed by atoms with van der Waals surface area (Å²) in [4.78, 5) is 37.1. The fourth-order valence-corrected chi connectivity index (χ4v) is 2.31. The maximum absolute atomic E-state index is 12.2. The van der Waals surface area contributed by atoms with Crippen LogP contribution in [0.1, 0.15) is 44.0 Å². The monoisotopic (exact) mass is 299 g/mol. The molecule has 0 aliphatic carbocycles. The van der Waals surface area contributed by atoms with E-state index in [4.69, 9.17) is 9.15 Å². The molecule has 0 spiro atoms. The van der Waals surface area contributed by atoms with E-state index in [1.807, 2.05) is 0 Å². The van der Waals surface area contributed by atoms with Crippen LogP contribution in [0.25, 0.3) is 0 Å². The summed E-state index contributed by atoms with van der Waals surface area (Å²) in [5.74, 6) is -0.911. The zero-order chi connectivity index (χ0) is 15.7. The molecule has 0 saturated heterocycles. The van der Waals surface area contributed by atoms with Crippen LogP contribution < -0.4 is 0 Å². The number of carbonyl (C=O) groups excluding carboxylic acids is 3. The van der Waals surface area contributed by atoms with Crippen molar-refractivity contribution in [1.29, 1.82) is 0 Å². The van der Waals surface area contributed by atoms with E-state index in [-0.39, 0.29) is 30.7 Å². The predicted octanol–water partition coefficient (Wildman–Crippen LogP) is 2.25. The lowest BCUT2D eigenvalue weighted by Crippen LogP contribution is -2.28. The van der Waals surface area contributed by atoms with Crippen LogP contribution in [-0.2, 0) is 11.3 Å². The molecule has 2 aromatic rings. The summed E-state index contributed by atoms with van der Waals surface area (Å²) < 4.78 is 10.2. The number of rotatable bonds is 4. The first-order chi connectivity index (χ1) is 10.6. The number of amides is 2. The minimum Gasteiger partial charge on any atom is -0.460 e. The van der Waals surface area contributed by atoms with Crippen molar-refractivity contribution in [2.24, 2.45) is 0 Å². The van der Waals surface area contributed by atoms with E-state index in [0.29, 0.717) is 16.9 Å². The largest absolute Gasteiger partial charge is 0.460 e. The van der Waals surface area contributed by atoms with Crippen molar-refractivity contribution in [1.82, 2.24) is 4.90 Å². The van der Waals surface area contributed by atoms with E-state index in [1.54, 1.807) is 37.3 Å². The van der Waals surface area contributed by atoms with Crippen molar-refractivity contribution in [3.05, 3.63) is 59.0 Å². The fourth-order valence-electron chi connectivity index (χ4n) is 2.31. The Labute approximate surface area is 126 Å². The van der Waals surface area contributed by atoms with Gasteiger partial charge in [0, 0.05) is 0 Å². The zero-order valence-corrected chi connectivity index (χ0v) is 11.9. The molecule has 0 atom stereocenters. The number of nitrogens with zero attached hydrogens (tertiary/aromatic N) is 1. The summed E-state index contributed by atoms with van der Waals surface area (Å²) in [6.45, 7) is 1.92. The number of carbonyl (C=O) groups is 3. The lowest BCUT2D eigenvalue weighted by atomic mass is 10.1. The molecule has 1 aromatic carbocycles. The van der Waals surface area contributed by atoms with Gasteiger partial charge in [0.05, 0.1) is 24.3 Å². The Morgan fingerprint density at radius 1 is 1.09 bits per heavy atom. The van der Waals surface area contributed by atoms with Crippen LogP contribution in [0.15, 0.2) is 40.8 Å². The fraction of sp³-hybridized carbons (Fsp3) is 0.188. The summed E-state index contributed by atoms with van der Waals surface area (Å²) in [7, 11) is 0. The Kier molecular flexibility index (Phi) is 3.50. The van der Waals surface area contributed by atoms with Gasteiger partial charge in [-0.05, 0) is 31.2 Å². The molecule has 22 heavy (non-hydrogen) atoms. The SMILES string of the molecule is CCOC(=O)c1ccc(CN2C(=O)c3ccccc3C2=O)o1. The normalized spacial score (nSPS) is 13.4. The van der Waals surface area contributed by atoms with Crippen LogP contribution in [0.3, 0.4) is 0 Å². The van der Waals surface area contributed by atoms with E-state index < -0.39 is 5.97 Å². The van der Waals surface area contributed by atoms with Crippen molar-refractivity contribution >= 4 is 17.8 Å². The zero-order valence-electron chi connectivity index (χ0n) is 11.9. The van der Waals surface area contributed by atoms with E-state index in [0.717, 1.165) is 4.90 Å². The third kappa shape index (κ3) is 2.28. The topological polar surface area (TPSA) is 76.8 Å². The predicted molar refractivity (Wildman–Crippen MR) is 75.3 cm³/mol. The Balaban J connectivity index is 1.79. The van der Waals surface area contributed by atoms with Gasteiger partial charge in [-0.3, -0.25) is 14.5 Å². The molecule has 2 heterocycles. The number of imide groups is 1. The van der Waals surface area contributed by atoms with Gasteiger partial charge >= 0.3 is 5.97 Å². The molecule has 1 aromatic heterocycles. The summed E-state index contributed by atoms with van der Waals surface area (Å²) in [6, 6.07) is 9.66. The van der Waals surface area contributed by atoms with Gasteiger partial charge in [-0.1, -0.05) is 12.1 Å². The van der Waals surface area contributed by atoms with Gasteiger partial charge in [-0.25, -0.2) is 4.79 Å². The van der Waals surface area contributed by atoms with E-state index >= 15 is 0 Å². The van der Waals surface area contributed by atoms with Crippen molar-refractivity contribution in [2.45, 2.75) is 13.5 Å². The third-order valence-electron chi connectivity index (χ3n) is 3.33. The van der Waals surface area contributed by atoms with Gasteiger partial charge in [0.25, 0.3) is 11.8 Å². The number of ether oxygens (including phenoxy) is 1. The maximum Gasteiger partial charge on any atom is 0.374 e. The molecule has 112 valence electrons. The first kappa shape index (κ1) is 14.1. The molecule has 6 nitrogen and oxygen atoms in total. The Morgan fingerprint density at radius 2 is 1.73 bits per heavy atom. The lowest BCUT2D eigenvalue weighted by Gasteiger charge is -2.11. The van der Waals surface area contributed by atoms with Gasteiger partial charge in [-0.15, -0.1) is 0 Å². The standard InChI is InChI=1S/C16H13NO5/c1-2-21-16(20)13-8-7-10(22-13)9-17-14(18)11-5-3-4-6-12(11)15(17)19/h3-8H,2,9H2,1H3. The number of hydrogen-bond acceptors (Lipinski definition) is 5. The second-order valence-electron chi connectivity index (χ2n) is 4.73. The number of benzene rings is 1. The van der Waals surface area contributed by atoms with E-state index in [9.17, 15) is 14.4 Å². The van der Waals surface area contributed by atoms with Crippen LogP contribution in [0.2, 0.25) is 0 Å². The molecule has 2 amide bonds. The molecule has 0 fully saturated rings. The summed E-state index contributed by atoms with van der Waals surface area (Å²) in [5.41, 5.74) is 0.759. The first-order valence-electron chi connectivity index (χ1n) is 6.83. The molecule has 1 aliphatic heterocycles. The molecule has 0 saturated carbocycles. The van der Waals surface area contributed by atoms with Crippen molar-refractivity contribution in [2.75, 3.05) is 6.61 Å². The molecule has 0 bridgehead atoms. The first-order valence-corrected chi connectivity index (χ1v) is 6.83. The summed E-state index contributed by atoms with van der Waals surface area (Å²) >= 11 is 0. The Bertz CT molecular complexity index is 726. The van der Waals surface area contributed by atoms with Crippen molar-refractivity contribution in [3.8, 4) is 0 Å². The molecular weight excluding hydrogens is 286 g/mol. The van der Waals surface area contributed by atoms with Gasteiger partial charge in [-0.2, -0.15) is 0 Å². The van der Waals surface area contributed by atoms with Gasteiger partial charge in [0.1, 0.15) is 5.76 Å². The average molecular weight is 299 g/mol. The van der Waals surface area contributed by atoms with Gasteiger partial charge in [0.15, 0.2) is 0 Å². The van der Waals surface area contributed by atoms with Gasteiger partial charge in [0.2, 0.25) is 5.76 Å². The molecule has 3 rings (SSSR count). The lowest BCUT2D eigenvalue weighted by molar-refractivity contribution is 0.0486. The highest BCUT2D eigenvalue weighted by molar-refractivity contribution is 6.21. The molecule has 0 N–H and O–H groups in total. The molecule has 1 aliphatic rings. The second-order valence-corrected chi connectivity index (χ2v) is 4.73. The molecule has 6 heteroatoms. The summed E-state index contributed by atoms with van der Waals surface area (Å²) in [6.07, 6.45) is 0. The van der Waals surface area contributed by atoms with Crippen LogP contribution in [0.5, 0.6) is 0 Å². The molecule has 0 unspecified atom stereocenters. The van der Waals surface area contributed by atoms with Crippen LogP contribution in [0.4, 0.5) is 0 Å². The third-order valence-corrected chi connectivity index (χ3v) is 3.33. The number of esters is 1. The maximum atomic E-state index is 12.2. The van der Waals surface area contributed by atoms with Crippen molar-refractivity contribution < 1.29 is 23.5 Å². The number of hydrogen-bond donors (Lipinski definition) is 0. The second kappa shape index (κ2) is 5.48. The highest BCUT2D eigenvalue weighted by Gasteiger charge is 2.35. The highest BCUT2D eigenvalue weighted by atomic mass is 16.5. The summed E-state index contributed by atoms with van der Waals surface area (Å²) in [5, 5.41) is 0. The average Bonchev–Trinajstić information content (AvgIpc) is 3.08. The number of furan rings is 1. The minimum atomic E-state index is -0.573. The minimum absolute atomic E-state index is 0.0221. The Morgan fingerprint density at radius 3 is 2.32 bits per heavy atom. The van der Waals surface area contributed by atoms with Gasteiger partial charge < -0.3 is 9.15 Å². The van der Waals surface area contributed by atoms with Crippen LogP contribution in [-0.4, -0.2) is 29.3 Å². The van der Waals surface area contributed by atoms with E-state index in [1.165, 1.54) is 6.07 Å². The Hall–Kier alpha value is -2.89. The van der Waals surface area contributed by atoms with Crippen molar-refractivity contribution in [3.63, 3.8) is 0 Å². The quantitative estimate of drug-likeness (QED) is 0.639. The highest BCUT2D eigenvalue weighted by Crippen LogP contribution is 2.24. The molecular formula is C16H13NO5. The smallest absolute Gasteiger partial charge is 0.374 e. The van der Waals surface area contributed by atoms with Crippen LogP contribution >= 0.6 is 0 Å². The number of fused-ring (bicyclic) bond motifs is 1. The molecule has 0 radical (unpaired) electrons.